The van der Waals surface area contributed by atoms with E-state index in [-0.39, 0.29) is 0 Å². The highest BCUT2D eigenvalue weighted by atomic mass is 14.7. The van der Waals surface area contributed by atoms with Crippen LogP contribution in [0.5, 0.6) is 0 Å². The number of pyridine rings is 1. The minimum Gasteiger partial charge on any atom is -0.261 e. The van der Waals surface area contributed by atoms with Crippen LogP contribution in [0.25, 0.3) is 22.3 Å². The molecule has 1 nitrogen and oxygen atoms in total. The normalized spacial score (nSPS) is 10.8. The van der Waals surface area contributed by atoms with Gasteiger partial charge in [0.15, 0.2) is 0 Å². The second-order valence-corrected chi connectivity index (χ2v) is 6.27. The van der Waals surface area contributed by atoms with E-state index >= 15 is 0 Å². The molecule has 1 heterocycles. The maximum absolute atomic E-state index is 4.49. The van der Waals surface area contributed by atoms with Crippen molar-refractivity contribution in [3.8, 4) is 22.3 Å². The van der Waals surface area contributed by atoms with Gasteiger partial charge in [-0.25, -0.2) is 0 Å². The lowest BCUT2D eigenvalue weighted by Gasteiger charge is -2.07. The summed E-state index contributed by atoms with van der Waals surface area (Å²) in [6.45, 7) is 4.37. The zero-order valence-corrected chi connectivity index (χ0v) is 14.6. The average Bonchev–Trinajstić information content (AvgIpc) is 2.67. The number of unbranched alkanes of at least 4 members (excludes halogenated alkanes) is 1. The van der Waals surface area contributed by atoms with E-state index in [9.17, 15) is 0 Å². The van der Waals surface area contributed by atoms with E-state index in [2.05, 4.69) is 79.5 Å². The van der Waals surface area contributed by atoms with E-state index in [1.165, 1.54) is 47.1 Å². The third kappa shape index (κ3) is 3.91. The van der Waals surface area contributed by atoms with Crippen molar-refractivity contribution in [3.05, 3.63) is 78.1 Å². The standard InChI is InChI=1S/C23H25N/c1-3-5-6-18-7-9-19(10-8-18)20-11-13-21(14-12-20)22-15-16-23(4-2)24-17-22/h7-17H,3-6H2,1-2H3. The molecule has 3 aromatic rings. The van der Waals surface area contributed by atoms with Gasteiger partial charge in [-0.05, 0) is 47.6 Å². The number of aromatic nitrogens is 1. The topological polar surface area (TPSA) is 12.9 Å². The molecular weight excluding hydrogens is 290 g/mol. The second-order valence-electron chi connectivity index (χ2n) is 6.27. The van der Waals surface area contributed by atoms with Crippen molar-refractivity contribution in [2.75, 3.05) is 0 Å². The summed E-state index contributed by atoms with van der Waals surface area (Å²) in [5, 5.41) is 0. The van der Waals surface area contributed by atoms with Crippen LogP contribution in [0.1, 0.15) is 37.9 Å². The fourth-order valence-electron chi connectivity index (χ4n) is 2.90. The van der Waals surface area contributed by atoms with E-state index in [0.29, 0.717) is 0 Å². The Morgan fingerprint density at radius 2 is 1.21 bits per heavy atom. The van der Waals surface area contributed by atoms with Crippen molar-refractivity contribution < 1.29 is 0 Å². The molecule has 0 aliphatic rings. The fourth-order valence-corrected chi connectivity index (χ4v) is 2.90. The first kappa shape index (κ1) is 16.4. The molecule has 0 radical (unpaired) electrons. The number of rotatable bonds is 6. The first-order chi connectivity index (χ1) is 11.8. The van der Waals surface area contributed by atoms with Crippen molar-refractivity contribution in [2.45, 2.75) is 39.5 Å². The van der Waals surface area contributed by atoms with Crippen LogP contribution in [0.4, 0.5) is 0 Å². The van der Waals surface area contributed by atoms with Gasteiger partial charge < -0.3 is 0 Å². The molecule has 1 aromatic heterocycles. The molecule has 0 bridgehead atoms. The second kappa shape index (κ2) is 7.92. The molecule has 0 atom stereocenters. The van der Waals surface area contributed by atoms with Gasteiger partial charge in [0.1, 0.15) is 0 Å². The molecule has 0 spiro atoms. The Morgan fingerprint density at radius 3 is 1.71 bits per heavy atom. The SMILES string of the molecule is CCCCc1ccc(-c2ccc(-c3ccc(CC)nc3)cc2)cc1. The Hall–Kier alpha value is -2.41. The van der Waals surface area contributed by atoms with Gasteiger partial charge in [0.05, 0.1) is 0 Å². The lowest BCUT2D eigenvalue weighted by atomic mass is 9.99. The van der Waals surface area contributed by atoms with E-state index in [1.54, 1.807) is 0 Å². The third-order valence-corrected chi connectivity index (χ3v) is 4.51. The van der Waals surface area contributed by atoms with Crippen molar-refractivity contribution in [1.29, 1.82) is 0 Å². The molecule has 24 heavy (non-hydrogen) atoms. The zero-order chi connectivity index (χ0) is 16.8. The number of hydrogen-bond acceptors (Lipinski definition) is 1. The predicted octanol–water partition coefficient (Wildman–Crippen LogP) is 6.32. The summed E-state index contributed by atoms with van der Waals surface area (Å²) in [6.07, 6.45) is 6.64. The lowest BCUT2D eigenvalue weighted by Crippen LogP contribution is -1.87. The molecule has 0 aliphatic carbocycles. The van der Waals surface area contributed by atoms with E-state index in [4.69, 9.17) is 0 Å². The van der Waals surface area contributed by atoms with Gasteiger partial charge in [-0.15, -0.1) is 0 Å². The van der Waals surface area contributed by atoms with E-state index in [1.807, 2.05) is 6.20 Å². The van der Waals surface area contributed by atoms with E-state index < -0.39 is 0 Å². The molecular formula is C23H25N. The van der Waals surface area contributed by atoms with Crippen LogP contribution in [0.15, 0.2) is 66.9 Å². The molecule has 0 fully saturated rings. The summed E-state index contributed by atoms with van der Waals surface area (Å²) in [5.41, 5.74) is 7.50. The highest BCUT2D eigenvalue weighted by Crippen LogP contribution is 2.25. The summed E-state index contributed by atoms with van der Waals surface area (Å²) in [6, 6.07) is 22.0. The highest BCUT2D eigenvalue weighted by Gasteiger charge is 2.02. The number of nitrogens with zero attached hydrogens (tertiary/aromatic N) is 1. The maximum Gasteiger partial charge on any atom is 0.0401 e. The molecule has 0 N–H and O–H groups in total. The Morgan fingerprint density at radius 1 is 0.667 bits per heavy atom. The van der Waals surface area contributed by atoms with Crippen molar-refractivity contribution in [3.63, 3.8) is 0 Å². The summed E-state index contributed by atoms with van der Waals surface area (Å²) < 4.78 is 0. The summed E-state index contributed by atoms with van der Waals surface area (Å²) in [7, 11) is 0. The Kier molecular flexibility index (Phi) is 5.43. The summed E-state index contributed by atoms with van der Waals surface area (Å²) in [4.78, 5) is 4.49. The van der Waals surface area contributed by atoms with Crippen LogP contribution in [0.3, 0.4) is 0 Å². The Labute approximate surface area is 145 Å². The van der Waals surface area contributed by atoms with Gasteiger partial charge in [0.25, 0.3) is 0 Å². The fraction of sp³-hybridized carbons (Fsp3) is 0.261. The van der Waals surface area contributed by atoms with Crippen molar-refractivity contribution in [2.24, 2.45) is 0 Å². The largest absolute Gasteiger partial charge is 0.261 e. The molecule has 0 amide bonds. The Balaban J connectivity index is 1.76. The van der Waals surface area contributed by atoms with E-state index in [0.717, 1.165) is 12.1 Å². The lowest BCUT2D eigenvalue weighted by molar-refractivity contribution is 0.795. The van der Waals surface area contributed by atoms with Gasteiger partial charge >= 0.3 is 0 Å². The summed E-state index contributed by atoms with van der Waals surface area (Å²) in [5.74, 6) is 0. The van der Waals surface area contributed by atoms with Crippen LogP contribution >= 0.6 is 0 Å². The molecule has 2 aromatic carbocycles. The average molecular weight is 315 g/mol. The van der Waals surface area contributed by atoms with Crippen LogP contribution in [-0.2, 0) is 12.8 Å². The molecule has 0 saturated heterocycles. The van der Waals surface area contributed by atoms with Crippen LogP contribution in [0.2, 0.25) is 0 Å². The number of benzene rings is 2. The van der Waals surface area contributed by atoms with Crippen LogP contribution in [0, 0.1) is 0 Å². The minimum atomic E-state index is 0.980. The van der Waals surface area contributed by atoms with Gasteiger partial charge in [0, 0.05) is 17.5 Å². The molecule has 1 heteroatoms. The quantitative estimate of drug-likeness (QED) is 0.518. The van der Waals surface area contributed by atoms with Crippen molar-refractivity contribution in [1.82, 2.24) is 4.98 Å². The molecule has 122 valence electrons. The van der Waals surface area contributed by atoms with Gasteiger partial charge in [-0.2, -0.15) is 0 Å². The first-order valence-electron chi connectivity index (χ1n) is 8.95. The summed E-state index contributed by atoms with van der Waals surface area (Å²) >= 11 is 0. The van der Waals surface area contributed by atoms with Crippen LogP contribution in [-0.4, -0.2) is 4.98 Å². The monoisotopic (exact) mass is 315 g/mol. The Bertz CT molecular complexity index is 753. The van der Waals surface area contributed by atoms with Gasteiger partial charge in [-0.1, -0.05) is 74.9 Å². The minimum absolute atomic E-state index is 0.980. The predicted molar refractivity (Wildman–Crippen MR) is 103 cm³/mol. The maximum atomic E-state index is 4.49. The van der Waals surface area contributed by atoms with Crippen LogP contribution < -0.4 is 0 Å². The third-order valence-electron chi connectivity index (χ3n) is 4.51. The molecule has 0 unspecified atom stereocenters. The highest BCUT2D eigenvalue weighted by molar-refractivity contribution is 5.70. The van der Waals surface area contributed by atoms with Crippen molar-refractivity contribution >= 4 is 0 Å². The molecule has 0 saturated carbocycles. The molecule has 0 aliphatic heterocycles. The van der Waals surface area contributed by atoms with Gasteiger partial charge in [-0.3, -0.25) is 4.98 Å². The van der Waals surface area contributed by atoms with Gasteiger partial charge in [0.2, 0.25) is 0 Å². The molecule has 3 rings (SSSR count). The number of hydrogen-bond donors (Lipinski definition) is 0. The zero-order valence-electron chi connectivity index (χ0n) is 14.6. The smallest absolute Gasteiger partial charge is 0.0401 e. The first-order valence-corrected chi connectivity index (χ1v) is 8.95. The number of aryl methyl sites for hydroxylation is 2.